The van der Waals surface area contributed by atoms with Gasteiger partial charge in [-0.15, -0.1) is 0 Å². The Labute approximate surface area is 123 Å². The summed E-state index contributed by atoms with van der Waals surface area (Å²) in [7, 11) is 1.74. The van der Waals surface area contributed by atoms with E-state index in [4.69, 9.17) is 9.47 Å². The summed E-state index contributed by atoms with van der Waals surface area (Å²) in [5, 5.41) is 3.48. The summed E-state index contributed by atoms with van der Waals surface area (Å²) in [4.78, 5) is 0. The van der Waals surface area contributed by atoms with Crippen LogP contribution < -0.4 is 10.1 Å². The molecular formula is C17H29NO2. The molecule has 0 fully saturated rings. The summed E-state index contributed by atoms with van der Waals surface area (Å²) in [5.74, 6) is 2.14. The van der Waals surface area contributed by atoms with Crippen LogP contribution in [0.4, 0.5) is 0 Å². The Morgan fingerprint density at radius 2 is 1.85 bits per heavy atom. The molecule has 0 spiro atoms. The zero-order valence-electron chi connectivity index (χ0n) is 13.3. The third-order valence-corrected chi connectivity index (χ3v) is 3.80. The quantitative estimate of drug-likeness (QED) is 0.665. The fraction of sp³-hybridized carbons (Fsp3) is 0.647. The minimum Gasteiger partial charge on any atom is -0.494 e. The van der Waals surface area contributed by atoms with Crippen LogP contribution in [0.5, 0.6) is 5.75 Å². The van der Waals surface area contributed by atoms with E-state index in [1.54, 1.807) is 7.11 Å². The van der Waals surface area contributed by atoms with Crippen molar-refractivity contribution in [1.29, 1.82) is 0 Å². The maximum absolute atomic E-state index is 5.51. The predicted molar refractivity (Wildman–Crippen MR) is 84.6 cm³/mol. The lowest BCUT2D eigenvalue weighted by Gasteiger charge is -2.24. The lowest BCUT2D eigenvalue weighted by Crippen LogP contribution is -2.28. The molecule has 0 bridgehead atoms. The van der Waals surface area contributed by atoms with E-state index in [2.05, 4.69) is 43.4 Å². The van der Waals surface area contributed by atoms with Crippen molar-refractivity contribution in [1.82, 2.24) is 5.32 Å². The normalized spacial score (nSPS) is 14.0. The van der Waals surface area contributed by atoms with Gasteiger partial charge in [-0.25, -0.2) is 0 Å². The highest BCUT2D eigenvalue weighted by Gasteiger charge is 2.17. The molecule has 114 valence electrons. The molecule has 0 heterocycles. The first-order chi connectivity index (χ1) is 9.72. The highest BCUT2D eigenvalue weighted by atomic mass is 16.5. The van der Waals surface area contributed by atoms with Gasteiger partial charge in [0.25, 0.3) is 0 Å². The van der Waals surface area contributed by atoms with Crippen LogP contribution in [0.15, 0.2) is 24.3 Å². The second-order valence-electron chi connectivity index (χ2n) is 5.19. The van der Waals surface area contributed by atoms with E-state index in [0.717, 1.165) is 25.4 Å². The highest BCUT2D eigenvalue weighted by Crippen LogP contribution is 2.27. The van der Waals surface area contributed by atoms with Crippen molar-refractivity contribution < 1.29 is 9.47 Å². The molecule has 2 unspecified atom stereocenters. The van der Waals surface area contributed by atoms with Crippen LogP contribution in [0.2, 0.25) is 0 Å². The number of hydrogen-bond acceptors (Lipinski definition) is 3. The van der Waals surface area contributed by atoms with Crippen molar-refractivity contribution in [3.63, 3.8) is 0 Å². The minimum atomic E-state index is 0.535. The Kier molecular flexibility index (Phi) is 8.31. The minimum absolute atomic E-state index is 0.535. The molecule has 3 nitrogen and oxygen atoms in total. The second kappa shape index (κ2) is 9.78. The molecule has 1 N–H and O–H groups in total. The largest absolute Gasteiger partial charge is 0.494 e. The van der Waals surface area contributed by atoms with Gasteiger partial charge in [0.2, 0.25) is 0 Å². The van der Waals surface area contributed by atoms with Gasteiger partial charge in [-0.2, -0.15) is 0 Å². The average molecular weight is 279 g/mol. The van der Waals surface area contributed by atoms with E-state index in [-0.39, 0.29) is 0 Å². The molecule has 2 atom stereocenters. The van der Waals surface area contributed by atoms with Gasteiger partial charge in [-0.1, -0.05) is 32.4 Å². The molecule has 0 saturated carbocycles. The van der Waals surface area contributed by atoms with Gasteiger partial charge < -0.3 is 14.8 Å². The van der Waals surface area contributed by atoms with Crippen LogP contribution in [-0.4, -0.2) is 33.4 Å². The van der Waals surface area contributed by atoms with E-state index < -0.39 is 0 Å². The maximum Gasteiger partial charge on any atom is 0.119 e. The zero-order valence-corrected chi connectivity index (χ0v) is 13.3. The molecule has 0 amide bonds. The lowest BCUT2D eigenvalue weighted by atomic mass is 9.85. The molecule has 1 aromatic carbocycles. The van der Waals surface area contributed by atoms with Gasteiger partial charge in [0.1, 0.15) is 5.75 Å². The van der Waals surface area contributed by atoms with E-state index in [1.807, 2.05) is 6.92 Å². The Morgan fingerprint density at radius 3 is 2.40 bits per heavy atom. The van der Waals surface area contributed by atoms with E-state index in [9.17, 15) is 0 Å². The molecule has 1 aromatic rings. The van der Waals surface area contributed by atoms with Crippen LogP contribution in [0.3, 0.4) is 0 Å². The van der Waals surface area contributed by atoms with Gasteiger partial charge in [0.05, 0.1) is 13.2 Å². The average Bonchev–Trinajstić information content (AvgIpc) is 2.48. The Balaban J connectivity index is 2.66. The van der Waals surface area contributed by atoms with Crippen LogP contribution >= 0.6 is 0 Å². The topological polar surface area (TPSA) is 30.5 Å². The molecule has 0 aromatic heterocycles. The smallest absolute Gasteiger partial charge is 0.119 e. The number of benzene rings is 1. The van der Waals surface area contributed by atoms with Crippen LogP contribution in [-0.2, 0) is 4.74 Å². The molecule has 1 rings (SSSR count). The van der Waals surface area contributed by atoms with Crippen molar-refractivity contribution >= 4 is 0 Å². The van der Waals surface area contributed by atoms with Crippen molar-refractivity contribution in [2.24, 2.45) is 5.92 Å². The molecule has 0 aliphatic carbocycles. The SMILES string of the molecule is CCOc1ccc(C(CNCCOC)C(C)CC)cc1. The fourth-order valence-electron chi connectivity index (χ4n) is 2.34. The molecular weight excluding hydrogens is 250 g/mol. The molecule has 0 aliphatic heterocycles. The third kappa shape index (κ3) is 5.51. The molecule has 3 heteroatoms. The summed E-state index contributed by atoms with van der Waals surface area (Å²) < 4.78 is 10.6. The summed E-state index contributed by atoms with van der Waals surface area (Å²) >= 11 is 0. The van der Waals surface area contributed by atoms with Gasteiger partial charge in [-0.3, -0.25) is 0 Å². The standard InChI is InChI=1S/C17H29NO2/c1-5-14(3)17(13-18-11-12-19-4)15-7-9-16(10-8-15)20-6-2/h7-10,14,17-18H,5-6,11-13H2,1-4H3. The number of methoxy groups -OCH3 is 1. The number of hydrogen-bond donors (Lipinski definition) is 1. The monoisotopic (exact) mass is 279 g/mol. The highest BCUT2D eigenvalue weighted by molar-refractivity contribution is 5.30. The maximum atomic E-state index is 5.51. The fourth-order valence-corrected chi connectivity index (χ4v) is 2.34. The lowest BCUT2D eigenvalue weighted by molar-refractivity contribution is 0.198. The Morgan fingerprint density at radius 1 is 1.15 bits per heavy atom. The van der Waals surface area contributed by atoms with Crippen LogP contribution in [0.25, 0.3) is 0 Å². The Hall–Kier alpha value is -1.06. The van der Waals surface area contributed by atoms with Gasteiger partial charge >= 0.3 is 0 Å². The van der Waals surface area contributed by atoms with Crippen molar-refractivity contribution in [3.8, 4) is 5.75 Å². The molecule has 0 saturated heterocycles. The van der Waals surface area contributed by atoms with Crippen LogP contribution in [0.1, 0.15) is 38.7 Å². The number of nitrogens with one attached hydrogen (secondary N) is 1. The zero-order chi connectivity index (χ0) is 14.8. The van der Waals surface area contributed by atoms with E-state index in [0.29, 0.717) is 18.4 Å². The van der Waals surface area contributed by atoms with E-state index in [1.165, 1.54) is 12.0 Å². The molecule has 0 radical (unpaired) electrons. The number of rotatable bonds is 10. The summed E-state index contributed by atoms with van der Waals surface area (Å²) in [5.41, 5.74) is 1.38. The third-order valence-electron chi connectivity index (χ3n) is 3.80. The first-order valence-corrected chi connectivity index (χ1v) is 7.65. The summed E-state index contributed by atoms with van der Waals surface area (Å²) in [6.45, 7) is 9.95. The number of ether oxygens (including phenoxy) is 2. The van der Waals surface area contributed by atoms with Crippen molar-refractivity contribution in [2.45, 2.75) is 33.1 Å². The predicted octanol–water partition coefficient (Wildman–Crippen LogP) is 3.45. The van der Waals surface area contributed by atoms with Gasteiger partial charge in [0.15, 0.2) is 0 Å². The van der Waals surface area contributed by atoms with E-state index >= 15 is 0 Å². The molecule has 0 aliphatic rings. The van der Waals surface area contributed by atoms with Crippen LogP contribution in [0, 0.1) is 5.92 Å². The van der Waals surface area contributed by atoms with Crippen molar-refractivity contribution in [2.75, 3.05) is 33.4 Å². The first kappa shape index (κ1) is 17.0. The van der Waals surface area contributed by atoms with Crippen molar-refractivity contribution in [3.05, 3.63) is 29.8 Å². The van der Waals surface area contributed by atoms with Gasteiger partial charge in [0, 0.05) is 20.2 Å². The first-order valence-electron chi connectivity index (χ1n) is 7.65. The Bertz CT molecular complexity index is 351. The summed E-state index contributed by atoms with van der Waals surface area (Å²) in [6.07, 6.45) is 1.18. The molecule has 20 heavy (non-hydrogen) atoms. The van der Waals surface area contributed by atoms with Gasteiger partial charge in [-0.05, 0) is 36.5 Å². The second-order valence-corrected chi connectivity index (χ2v) is 5.19. The summed E-state index contributed by atoms with van der Waals surface area (Å²) in [6, 6.07) is 8.53.